The second-order valence-electron chi connectivity index (χ2n) is 3.58. The van der Waals surface area contributed by atoms with Gasteiger partial charge in [-0.05, 0) is 6.42 Å². The molecule has 0 fully saturated rings. The lowest BCUT2D eigenvalue weighted by Gasteiger charge is -2.11. The molecule has 0 amide bonds. The van der Waals surface area contributed by atoms with Crippen molar-refractivity contribution in [3.05, 3.63) is 35.9 Å². The number of benzene rings is 1. The Kier molecular flexibility index (Phi) is 5.86. The molecular formula is C13H16O2S. The molecular weight excluding hydrogens is 220 g/mol. The molecule has 0 saturated heterocycles. The minimum Gasteiger partial charge on any atom is -0.303 e. The highest BCUT2D eigenvalue weighted by molar-refractivity contribution is 8.14. The summed E-state index contributed by atoms with van der Waals surface area (Å²) < 4.78 is 0. The van der Waals surface area contributed by atoms with Gasteiger partial charge in [0, 0.05) is 17.2 Å². The molecule has 0 radical (unpaired) electrons. The van der Waals surface area contributed by atoms with Crippen molar-refractivity contribution in [1.82, 2.24) is 0 Å². The second kappa shape index (κ2) is 7.23. The molecule has 1 atom stereocenters. The number of aldehydes is 1. The third-order valence-corrected chi connectivity index (χ3v) is 3.46. The van der Waals surface area contributed by atoms with Gasteiger partial charge in [0.05, 0.1) is 0 Å². The lowest BCUT2D eigenvalue weighted by atomic mass is 10.2. The molecule has 0 aliphatic heterocycles. The first-order chi connectivity index (χ1) is 7.77. The Hall–Kier alpha value is -1.09. The molecule has 1 aromatic rings. The van der Waals surface area contributed by atoms with Crippen molar-refractivity contribution in [2.45, 2.75) is 31.4 Å². The van der Waals surface area contributed by atoms with Crippen LogP contribution in [-0.4, -0.2) is 16.7 Å². The Bertz CT molecular complexity index is 335. The maximum Gasteiger partial charge on any atom is 0.219 e. The first-order valence-electron chi connectivity index (χ1n) is 5.47. The quantitative estimate of drug-likeness (QED) is 0.710. The van der Waals surface area contributed by atoms with Crippen LogP contribution in [-0.2, 0) is 4.79 Å². The summed E-state index contributed by atoms with van der Waals surface area (Å²) in [7, 11) is 0. The molecule has 86 valence electrons. The molecule has 1 unspecified atom stereocenters. The fourth-order valence-electron chi connectivity index (χ4n) is 1.45. The number of hydrogen-bond acceptors (Lipinski definition) is 3. The van der Waals surface area contributed by atoms with Gasteiger partial charge in [0.2, 0.25) is 5.12 Å². The highest BCUT2D eigenvalue weighted by Crippen LogP contribution is 2.23. The van der Waals surface area contributed by atoms with Crippen molar-refractivity contribution in [2.24, 2.45) is 0 Å². The van der Waals surface area contributed by atoms with E-state index in [1.165, 1.54) is 11.8 Å². The van der Waals surface area contributed by atoms with Gasteiger partial charge in [-0.15, -0.1) is 0 Å². The van der Waals surface area contributed by atoms with Gasteiger partial charge in [-0.1, -0.05) is 55.4 Å². The third-order valence-electron chi connectivity index (χ3n) is 2.25. The summed E-state index contributed by atoms with van der Waals surface area (Å²) in [6.07, 6.45) is 3.25. The van der Waals surface area contributed by atoms with Crippen LogP contribution in [0.25, 0.3) is 0 Å². The van der Waals surface area contributed by atoms with E-state index in [-0.39, 0.29) is 10.4 Å². The first-order valence-corrected chi connectivity index (χ1v) is 6.35. The summed E-state index contributed by atoms with van der Waals surface area (Å²) in [5, 5.41) is 0.177. The molecule has 0 saturated carbocycles. The Morgan fingerprint density at radius 1 is 1.38 bits per heavy atom. The van der Waals surface area contributed by atoms with E-state index in [0.717, 1.165) is 19.1 Å². The van der Waals surface area contributed by atoms with Crippen molar-refractivity contribution < 1.29 is 9.59 Å². The summed E-state index contributed by atoms with van der Waals surface area (Å²) in [6.45, 7) is 2.06. The van der Waals surface area contributed by atoms with Gasteiger partial charge in [-0.3, -0.25) is 4.79 Å². The van der Waals surface area contributed by atoms with E-state index in [2.05, 4.69) is 6.92 Å². The smallest absolute Gasteiger partial charge is 0.219 e. The van der Waals surface area contributed by atoms with Crippen LogP contribution < -0.4 is 0 Å². The maximum atomic E-state index is 11.9. The monoisotopic (exact) mass is 236 g/mol. The van der Waals surface area contributed by atoms with Gasteiger partial charge in [-0.2, -0.15) is 0 Å². The fourth-order valence-corrected chi connectivity index (χ4v) is 2.55. The van der Waals surface area contributed by atoms with E-state index in [1.54, 1.807) is 12.1 Å². The van der Waals surface area contributed by atoms with Gasteiger partial charge in [0.25, 0.3) is 0 Å². The van der Waals surface area contributed by atoms with Crippen molar-refractivity contribution in [3.63, 3.8) is 0 Å². The summed E-state index contributed by atoms with van der Waals surface area (Å²) in [5.74, 6) is 0. The SMILES string of the molecule is CCCC(CC=O)SC(=O)c1ccccc1. The molecule has 0 aliphatic carbocycles. The predicted octanol–water partition coefficient (Wildman–Crippen LogP) is 3.32. The van der Waals surface area contributed by atoms with Crippen LogP contribution in [0.3, 0.4) is 0 Å². The molecule has 16 heavy (non-hydrogen) atoms. The number of hydrogen-bond donors (Lipinski definition) is 0. The largest absolute Gasteiger partial charge is 0.303 e. The average Bonchev–Trinajstić information content (AvgIpc) is 2.31. The number of carbonyl (C=O) groups is 2. The summed E-state index contributed by atoms with van der Waals surface area (Å²) in [6, 6.07) is 9.19. The molecule has 0 heterocycles. The Labute approximate surface area is 100 Å². The van der Waals surface area contributed by atoms with E-state index in [1.807, 2.05) is 18.2 Å². The number of carbonyl (C=O) groups excluding carboxylic acids is 2. The highest BCUT2D eigenvalue weighted by Gasteiger charge is 2.14. The molecule has 0 bridgehead atoms. The van der Waals surface area contributed by atoms with Crippen LogP contribution in [0.1, 0.15) is 36.5 Å². The van der Waals surface area contributed by atoms with Gasteiger partial charge >= 0.3 is 0 Å². The number of rotatable bonds is 6. The van der Waals surface area contributed by atoms with Gasteiger partial charge in [0.1, 0.15) is 6.29 Å². The zero-order valence-corrected chi connectivity index (χ0v) is 10.2. The molecule has 0 N–H and O–H groups in total. The molecule has 2 nitrogen and oxygen atoms in total. The van der Waals surface area contributed by atoms with Crippen LogP contribution in [0.2, 0.25) is 0 Å². The summed E-state index contributed by atoms with van der Waals surface area (Å²) in [5.41, 5.74) is 0.708. The van der Waals surface area contributed by atoms with Crippen molar-refractivity contribution in [1.29, 1.82) is 0 Å². The minimum atomic E-state index is 0.0564. The van der Waals surface area contributed by atoms with Gasteiger partial charge in [-0.25, -0.2) is 0 Å². The lowest BCUT2D eigenvalue weighted by Crippen LogP contribution is -2.07. The standard InChI is InChI=1S/C13H16O2S/c1-2-6-12(9-10-14)16-13(15)11-7-4-3-5-8-11/h3-5,7-8,10,12H,2,6,9H2,1H3. The molecule has 0 aliphatic rings. The Morgan fingerprint density at radius 3 is 2.62 bits per heavy atom. The molecule has 1 rings (SSSR count). The predicted molar refractivity (Wildman–Crippen MR) is 67.7 cm³/mol. The van der Waals surface area contributed by atoms with Crippen LogP contribution in [0.15, 0.2) is 30.3 Å². The van der Waals surface area contributed by atoms with E-state index >= 15 is 0 Å². The van der Waals surface area contributed by atoms with Crippen molar-refractivity contribution in [3.8, 4) is 0 Å². The summed E-state index contributed by atoms with van der Waals surface area (Å²) in [4.78, 5) is 22.3. The average molecular weight is 236 g/mol. The molecule has 1 aromatic carbocycles. The Balaban J connectivity index is 2.57. The normalized spacial score (nSPS) is 12.1. The summed E-state index contributed by atoms with van der Waals surface area (Å²) >= 11 is 1.28. The van der Waals surface area contributed by atoms with Crippen LogP contribution >= 0.6 is 11.8 Å². The molecule has 0 spiro atoms. The van der Waals surface area contributed by atoms with E-state index in [0.29, 0.717) is 12.0 Å². The number of thioether (sulfide) groups is 1. The molecule has 3 heteroatoms. The van der Waals surface area contributed by atoms with Crippen molar-refractivity contribution in [2.75, 3.05) is 0 Å². The zero-order valence-electron chi connectivity index (χ0n) is 9.39. The van der Waals surface area contributed by atoms with Gasteiger partial charge < -0.3 is 4.79 Å². The van der Waals surface area contributed by atoms with Crippen molar-refractivity contribution >= 4 is 23.2 Å². The fraction of sp³-hybridized carbons (Fsp3) is 0.385. The minimum absolute atomic E-state index is 0.0564. The van der Waals surface area contributed by atoms with Crippen LogP contribution in [0.5, 0.6) is 0 Å². The zero-order chi connectivity index (χ0) is 11.8. The maximum absolute atomic E-state index is 11.9. The topological polar surface area (TPSA) is 34.1 Å². The first kappa shape index (κ1) is 13.0. The second-order valence-corrected chi connectivity index (χ2v) is 4.86. The van der Waals surface area contributed by atoms with Gasteiger partial charge in [0.15, 0.2) is 0 Å². The third kappa shape index (κ3) is 4.19. The van der Waals surface area contributed by atoms with E-state index in [9.17, 15) is 9.59 Å². The van der Waals surface area contributed by atoms with Crippen LogP contribution in [0, 0.1) is 0 Å². The molecule has 0 aromatic heterocycles. The lowest BCUT2D eigenvalue weighted by molar-refractivity contribution is -0.107. The van der Waals surface area contributed by atoms with Crippen LogP contribution in [0.4, 0.5) is 0 Å². The Morgan fingerprint density at radius 2 is 2.06 bits per heavy atom. The highest BCUT2D eigenvalue weighted by atomic mass is 32.2. The van der Waals surface area contributed by atoms with E-state index in [4.69, 9.17) is 0 Å². The van der Waals surface area contributed by atoms with E-state index < -0.39 is 0 Å².